The van der Waals surface area contributed by atoms with Crippen LogP contribution in [0.3, 0.4) is 0 Å². The van der Waals surface area contributed by atoms with Crippen molar-refractivity contribution in [2.45, 2.75) is 12.8 Å². The molecule has 0 spiro atoms. The third-order valence-electron chi connectivity index (χ3n) is 2.51. The van der Waals surface area contributed by atoms with Crippen LogP contribution in [0.25, 0.3) is 0 Å². The van der Waals surface area contributed by atoms with Crippen molar-refractivity contribution in [3.63, 3.8) is 0 Å². The topological polar surface area (TPSA) is 76.1 Å². The number of methoxy groups -OCH3 is 1. The molecule has 0 radical (unpaired) electrons. The molecule has 1 fully saturated rings. The van der Waals surface area contributed by atoms with E-state index in [1.54, 1.807) is 7.11 Å². The highest BCUT2D eigenvalue weighted by Crippen LogP contribution is 2.29. The zero-order chi connectivity index (χ0) is 12.7. The monoisotopic (exact) mass is 245 g/mol. The Labute approximate surface area is 100 Å². The normalized spacial score (nSPS) is 14.6. The van der Waals surface area contributed by atoms with Gasteiger partial charge in [-0.1, -0.05) is 0 Å². The Morgan fingerprint density at radius 2 is 2.06 bits per heavy atom. The van der Waals surface area contributed by atoms with Crippen LogP contribution in [-0.2, 0) is 19.1 Å². The van der Waals surface area contributed by atoms with E-state index in [-0.39, 0.29) is 19.1 Å². The molecule has 0 unspecified atom stereocenters. The molecule has 0 aromatic rings. The van der Waals surface area contributed by atoms with E-state index in [2.05, 4.69) is 0 Å². The first-order valence-corrected chi connectivity index (χ1v) is 5.69. The number of nitrogens with zero attached hydrogens (tertiary/aromatic N) is 1. The highest BCUT2D eigenvalue weighted by molar-refractivity contribution is 5.82. The minimum atomic E-state index is -0.990. The summed E-state index contributed by atoms with van der Waals surface area (Å²) in [6.07, 6.45) is 2.15. The molecule has 0 aliphatic heterocycles. The van der Waals surface area contributed by atoms with Crippen LogP contribution >= 0.6 is 0 Å². The van der Waals surface area contributed by atoms with E-state index in [1.165, 1.54) is 4.90 Å². The van der Waals surface area contributed by atoms with Crippen LogP contribution in [0.5, 0.6) is 0 Å². The molecule has 0 saturated heterocycles. The smallest absolute Gasteiger partial charge is 0.323 e. The lowest BCUT2D eigenvalue weighted by Crippen LogP contribution is -2.39. The third kappa shape index (κ3) is 6.23. The second-order valence-corrected chi connectivity index (χ2v) is 4.16. The van der Waals surface area contributed by atoms with Gasteiger partial charge in [0.15, 0.2) is 0 Å². The number of carboxylic acids is 1. The quantitative estimate of drug-likeness (QED) is 0.577. The average molecular weight is 245 g/mol. The SMILES string of the molecule is COCCOCC(=O)N(CC(=O)O)CC1CC1. The summed E-state index contributed by atoms with van der Waals surface area (Å²) in [5.74, 6) is -0.788. The van der Waals surface area contributed by atoms with Crippen molar-refractivity contribution in [1.82, 2.24) is 4.90 Å². The van der Waals surface area contributed by atoms with Crippen LogP contribution in [0.15, 0.2) is 0 Å². The Balaban J connectivity index is 2.27. The molecule has 6 nitrogen and oxygen atoms in total. The molecular formula is C11H19NO5. The molecule has 0 aromatic carbocycles. The zero-order valence-electron chi connectivity index (χ0n) is 10.1. The highest BCUT2D eigenvalue weighted by atomic mass is 16.5. The maximum atomic E-state index is 11.7. The number of carbonyl (C=O) groups is 2. The van der Waals surface area contributed by atoms with E-state index < -0.39 is 5.97 Å². The molecule has 1 rings (SSSR count). The number of hydrogen-bond acceptors (Lipinski definition) is 4. The maximum absolute atomic E-state index is 11.7. The highest BCUT2D eigenvalue weighted by Gasteiger charge is 2.27. The lowest BCUT2D eigenvalue weighted by atomic mass is 10.3. The van der Waals surface area contributed by atoms with Gasteiger partial charge >= 0.3 is 5.97 Å². The van der Waals surface area contributed by atoms with Crippen LogP contribution in [0.2, 0.25) is 0 Å². The molecule has 1 aliphatic carbocycles. The van der Waals surface area contributed by atoms with Crippen LogP contribution in [0, 0.1) is 5.92 Å². The van der Waals surface area contributed by atoms with Crippen molar-refractivity contribution in [3.8, 4) is 0 Å². The van der Waals surface area contributed by atoms with E-state index in [1.807, 2.05) is 0 Å². The number of carboxylic acid groups (broad SMARTS) is 1. The second-order valence-electron chi connectivity index (χ2n) is 4.16. The van der Waals surface area contributed by atoms with Crippen LogP contribution < -0.4 is 0 Å². The van der Waals surface area contributed by atoms with Gasteiger partial charge in [0.2, 0.25) is 5.91 Å². The van der Waals surface area contributed by atoms with E-state index >= 15 is 0 Å². The van der Waals surface area contributed by atoms with E-state index in [0.717, 1.165) is 12.8 Å². The molecular weight excluding hydrogens is 226 g/mol. The van der Waals surface area contributed by atoms with Crippen molar-refractivity contribution in [3.05, 3.63) is 0 Å². The van der Waals surface area contributed by atoms with Gasteiger partial charge in [0.25, 0.3) is 0 Å². The van der Waals surface area contributed by atoms with E-state index in [0.29, 0.717) is 25.7 Å². The summed E-state index contributed by atoms with van der Waals surface area (Å²) in [7, 11) is 1.55. The van der Waals surface area contributed by atoms with E-state index in [4.69, 9.17) is 14.6 Å². The molecule has 1 N–H and O–H groups in total. The predicted molar refractivity (Wildman–Crippen MR) is 59.6 cm³/mol. The lowest BCUT2D eigenvalue weighted by molar-refractivity contribution is -0.146. The van der Waals surface area contributed by atoms with Crippen LogP contribution in [-0.4, -0.2) is 61.9 Å². The molecule has 1 aliphatic rings. The fourth-order valence-electron chi connectivity index (χ4n) is 1.42. The number of carbonyl (C=O) groups excluding carboxylic acids is 1. The van der Waals surface area contributed by atoms with Gasteiger partial charge in [-0.05, 0) is 18.8 Å². The number of ether oxygens (including phenoxy) is 2. The first-order valence-electron chi connectivity index (χ1n) is 5.69. The Hall–Kier alpha value is -1.14. The molecule has 0 heterocycles. The number of aliphatic carboxylic acids is 1. The lowest BCUT2D eigenvalue weighted by Gasteiger charge is -2.20. The van der Waals surface area contributed by atoms with Crippen molar-refractivity contribution >= 4 is 11.9 Å². The van der Waals surface area contributed by atoms with Gasteiger partial charge in [0, 0.05) is 13.7 Å². The molecule has 0 atom stereocenters. The predicted octanol–water partition coefficient (Wildman–Crippen LogP) is -0.0274. The van der Waals surface area contributed by atoms with Gasteiger partial charge in [-0.2, -0.15) is 0 Å². The van der Waals surface area contributed by atoms with E-state index in [9.17, 15) is 9.59 Å². The average Bonchev–Trinajstić information content (AvgIpc) is 3.06. The van der Waals surface area contributed by atoms with Crippen molar-refractivity contribution in [1.29, 1.82) is 0 Å². The zero-order valence-corrected chi connectivity index (χ0v) is 10.1. The Bertz CT molecular complexity index is 265. The maximum Gasteiger partial charge on any atom is 0.323 e. The van der Waals surface area contributed by atoms with Gasteiger partial charge in [-0.15, -0.1) is 0 Å². The summed E-state index contributed by atoms with van der Waals surface area (Å²) in [5, 5.41) is 8.72. The Morgan fingerprint density at radius 1 is 1.35 bits per heavy atom. The fraction of sp³-hybridized carbons (Fsp3) is 0.818. The summed E-state index contributed by atoms with van der Waals surface area (Å²) in [5.41, 5.74) is 0. The molecule has 98 valence electrons. The molecule has 6 heteroatoms. The van der Waals surface area contributed by atoms with Gasteiger partial charge in [0.05, 0.1) is 13.2 Å². The van der Waals surface area contributed by atoms with Gasteiger partial charge < -0.3 is 19.5 Å². The summed E-state index contributed by atoms with van der Waals surface area (Å²) in [6, 6.07) is 0. The molecule has 0 bridgehead atoms. The van der Waals surface area contributed by atoms with Crippen molar-refractivity contribution in [2.24, 2.45) is 5.92 Å². The van der Waals surface area contributed by atoms with Crippen molar-refractivity contribution in [2.75, 3.05) is 40.0 Å². The van der Waals surface area contributed by atoms with Gasteiger partial charge in [-0.25, -0.2) is 0 Å². The largest absolute Gasteiger partial charge is 0.480 e. The Kier molecular flexibility index (Phi) is 5.93. The minimum absolute atomic E-state index is 0.0800. The second kappa shape index (κ2) is 7.24. The third-order valence-corrected chi connectivity index (χ3v) is 2.51. The summed E-state index contributed by atoms with van der Waals surface area (Å²) in [4.78, 5) is 23.7. The van der Waals surface area contributed by atoms with Crippen LogP contribution in [0.4, 0.5) is 0 Å². The number of hydrogen-bond donors (Lipinski definition) is 1. The first kappa shape index (κ1) is 13.9. The summed E-state index contributed by atoms with van der Waals surface area (Å²) in [6.45, 7) is 0.965. The Morgan fingerprint density at radius 3 is 2.59 bits per heavy atom. The molecule has 1 amide bonds. The number of rotatable bonds is 9. The summed E-state index contributed by atoms with van der Waals surface area (Å²) < 4.78 is 9.87. The first-order chi connectivity index (χ1) is 8.13. The molecule has 17 heavy (non-hydrogen) atoms. The molecule has 1 saturated carbocycles. The number of amides is 1. The van der Waals surface area contributed by atoms with Gasteiger partial charge in [-0.3, -0.25) is 9.59 Å². The van der Waals surface area contributed by atoms with Gasteiger partial charge in [0.1, 0.15) is 13.2 Å². The molecule has 0 aromatic heterocycles. The van der Waals surface area contributed by atoms with Crippen LogP contribution in [0.1, 0.15) is 12.8 Å². The minimum Gasteiger partial charge on any atom is -0.480 e. The summed E-state index contributed by atoms with van der Waals surface area (Å²) >= 11 is 0. The van der Waals surface area contributed by atoms with Crippen molar-refractivity contribution < 1.29 is 24.2 Å². The standard InChI is InChI=1S/C11H19NO5/c1-16-4-5-17-8-10(13)12(7-11(14)15)6-9-2-3-9/h9H,2-8H2,1H3,(H,14,15). The fourth-order valence-corrected chi connectivity index (χ4v) is 1.42.